The summed E-state index contributed by atoms with van der Waals surface area (Å²) >= 11 is 0. The molecule has 0 spiro atoms. The van der Waals surface area contributed by atoms with E-state index in [2.05, 4.69) is 18.7 Å². The summed E-state index contributed by atoms with van der Waals surface area (Å²) in [6.45, 7) is 9.11. The zero-order chi connectivity index (χ0) is 17.8. The van der Waals surface area contributed by atoms with E-state index in [9.17, 15) is 9.90 Å². The van der Waals surface area contributed by atoms with Crippen LogP contribution in [0.2, 0.25) is 0 Å². The van der Waals surface area contributed by atoms with Crippen LogP contribution < -0.4 is 0 Å². The average molecular weight is 344 g/mol. The molecular weight excluding hydrogens is 312 g/mol. The van der Waals surface area contributed by atoms with Gasteiger partial charge in [-0.3, -0.25) is 4.79 Å². The lowest BCUT2D eigenvalue weighted by molar-refractivity contribution is -0.137. The summed E-state index contributed by atoms with van der Waals surface area (Å²) in [6.07, 6.45) is 2.37. The number of amides is 1. The van der Waals surface area contributed by atoms with E-state index >= 15 is 0 Å². The van der Waals surface area contributed by atoms with Crippen LogP contribution in [-0.2, 0) is 4.79 Å². The number of hydrogen-bond donors (Lipinski definition) is 1. The second kappa shape index (κ2) is 8.33. The molecule has 1 amide bonds. The molecule has 1 N–H and O–H groups in total. The van der Waals surface area contributed by atoms with Gasteiger partial charge < -0.3 is 14.9 Å². The quantitative estimate of drug-likeness (QED) is 0.893. The van der Waals surface area contributed by atoms with Crippen molar-refractivity contribution in [2.24, 2.45) is 17.8 Å². The third-order valence-electron chi connectivity index (χ3n) is 5.68. The van der Waals surface area contributed by atoms with Gasteiger partial charge in [0.05, 0.1) is 12.0 Å². The zero-order valence-electron chi connectivity index (χ0n) is 15.6. The summed E-state index contributed by atoms with van der Waals surface area (Å²) in [7, 11) is 0. The molecule has 1 aromatic rings. The Kier molecular flexibility index (Phi) is 6.13. The van der Waals surface area contributed by atoms with Crippen LogP contribution in [0.15, 0.2) is 30.3 Å². The lowest BCUT2D eigenvalue weighted by Crippen LogP contribution is -2.43. The lowest BCUT2D eigenvalue weighted by atomic mass is 9.87. The maximum atomic E-state index is 12.8. The van der Waals surface area contributed by atoms with Gasteiger partial charge in [0.1, 0.15) is 0 Å². The van der Waals surface area contributed by atoms with E-state index in [1.165, 1.54) is 0 Å². The van der Waals surface area contributed by atoms with Crippen LogP contribution in [0.4, 0.5) is 0 Å². The third-order valence-corrected chi connectivity index (χ3v) is 5.68. The molecule has 0 aliphatic carbocycles. The summed E-state index contributed by atoms with van der Waals surface area (Å²) < 4.78 is 0. The van der Waals surface area contributed by atoms with E-state index in [0.717, 1.165) is 57.5 Å². The fourth-order valence-corrected chi connectivity index (χ4v) is 4.33. The smallest absolute Gasteiger partial charge is 0.227 e. The van der Waals surface area contributed by atoms with Crippen LogP contribution in [0.1, 0.15) is 44.8 Å². The molecule has 0 bridgehead atoms. The Hall–Kier alpha value is -1.39. The van der Waals surface area contributed by atoms with Crippen molar-refractivity contribution in [1.29, 1.82) is 0 Å². The Morgan fingerprint density at radius 1 is 1.12 bits per heavy atom. The topological polar surface area (TPSA) is 43.8 Å². The summed E-state index contributed by atoms with van der Waals surface area (Å²) in [5.74, 6) is 1.42. The highest BCUT2D eigenvalue weighted by molar-refractivity contribution is 5.79. The number of hydrogen-bond acceptors (Lipinski definition) is 3. The largest absolute Gasteiger partial charge is 0.388 e. The molecule has 4 nitrogen and oxygen atoms in total. The number of piperidine rings is 1. The van der Waals surface area contributed by atoms with Crippen molar-refractivity contribution in [1.82, 2.24) is 9.80 Å². The second-order valence-corrected chi connectivity index (χ2v) is 8.16. The van der Waals surface area contributed by atoms with E-state index in [0.29, 0.717) is 11.8 Å². The normalized spacial score (nSPS) is 24.0. The Morgan fingerprint density at radius 2 is 1.80 bits per heavy atom. The molecule has 2 fully saturated rings. The third kappa shape index (κ3) is 4.62. The van der Waals surface area contributed by atoms with Gasteiger partial charge in [0.25, 0.3) is 0 Å². The van der Waals surface area contributed by atoms with E-state index < -0.39 is 6.10 Å². The standard InChI is InChI=1S/C21H32N2O2/c1-16(2)14-22-11-8-19(15-22)21(25)23-12-9-18(10-13-23)20(24)17-6-4-3-5-7-17/h3-7,16,18-20,24H,8-15H2,1-2H3. The van der Waals surface area contributed by atoms with Gasteiger partial charge in [-0.25, -0.2) is 0 Å². The molecular formula is C21H32N2O2. The highest BCUT2D eigenvalue weighted by Gasteiger charge is 2.34. The van der Waals surface area contributed by atoms with Gasteiger partial charge in [0.2, 0.25) is 5.91 Å². The first-order valence-electron chi connectivity index (χ1n) is 9.78. The number of carbonyl (C=O) groups excluding carboxylic acids is 1. The van der Waals surface area contributed by atoms with Gasteiger partial charge in [-0.05, 0) is 43.2 Å². The van der Waals surface area contributed by atoms with Gasteiger partial charge >= 0.3 is 0 Å². The van der Waals surface area contributed by atoms with Gasteiger partial charge in [-0.15, -0.1) is 0 Å². The van der Waals surface area contributed by atoms with Crippen molar-refractivity contribution in [3.8, 4) is 0 Å². The molecule has 25 heavy (non-hydrogen) atoms. The van der Waals surface area contributed by atoms with Crippen LogP contribution in [0.25, 0.3) is 0 Å². The minimum atomic E-state index is -0.411. The number of likely N-dealkylation sites (tertiary alicyclic amines) is 2. The Morgan fingerprint density at radius 3 is 2.44 bits per heavy atom. The number of aliphatic hydroxyl groups excluding tert-OH is 1. The molecule has 4 heteroatoms. The van der Waals surface area contributed by atoms with Gasteiger partial charge in [-0.2, -0.15) is 0 Å². The first-order chi connectivity index (χ1) is 12.0. The number of benzene rings is 1. The molecule has 3 rings (SSSR count). The van der Waals surface area contributed by atoms with Crippen molar-refractivity contribution >= 4 is 5.91 Å². The van der Waals surface area contributed by atoms with Crippen LogP contribution in [0, 0.1) is 17.8 Å². The van der Waals surface area contributed by atoms with E-state index in [1.807, 2.05) is 35.2 Å². The van der Waals surface area contributed by atoms with Crippen LogP contribution >= 0.6 is 0 Å². The number of carbonyl (C=O) groups is 1. The van der Waals surface area contributed by atoms with Gasteiger partial charge in [-0.1, -0.05) is 44.2 Å². The van der Waals surface area contributed by atoms with E-state index in [4.69, 9.17) is 0 Å². The molecule has 2 saturated heterocycles. The van der Waals surface area contributed by atoms with Crippen molar-refractivity contribution in [3.05, 3.63) is 35.9 Å². The first-order valence-corrected chi connectivity index (χ1v) is 9.78. The molecule has 0 saturated carbocycles. The lowest BCUT2D eigenvalue weighted by Gasteiger charge is -2.35. The predicted molar refractivity (Wildman–Crippen MR) is 100 cm³/mol. The molecule has 1 aromatic carbocycles. The van der Waals surface area contributed by atoms with Crippen LogP contribution in [-0.4, -0.2) is 53.5 Å². The monoisotopic (exact) mass is 344 g/mol. The Labute approximate surface area is 151 Å². The predicted octanol–water partition coefficient (Wildman–Crippen LogP) is 2.94. The zero-order valence-corrected chi connectivity index (χ0v) is 15.6. The summed E-state index contributed by atoms with van der Waals surface area (Å²) in [6, 6.07) is 9.90. The Balaban J connectivity index is 1.48. The fraction of sp³-hybridized carbons (Fsp3) is 0.667. The first kappa shape index (κ1) is 18.4. The minimum Gasteiger partial charge on any atom is -0.388 e. The molecule has 2 unspecified atom stereocenters. The molecule has 2 aliphatic rings. The van der Waals surface area contributed by atoms with Crippen molar-refractivity contribution < 1.29 is 9.90 Å². The second-order valence-electron chi connectivity index (χ2n) is 8.16. The van der Waals surface area contributed by atoms with Crippen LogP contribution in [0.5, 0.6) is 0 Å². The summed E-state index contributed by atoms with van der Waals surface area (Å²) in [5.41, 5.74) is 0.993. The highest BCUT2D eigenvalue weighted by atomic mass is 16.3. The number of nitrogens with zero attached hydrogens (tertiary/aromatic N) is 2. The maximum absolute atomic E-state index is 12.8. The number of aliphatic hydroxyl groups is 1. The van der Waals surface area contributed by atoms with Crippen molar-refractivity contribution in [2.75, 3.05) is 32.7 Å². The van der Waals surface area contributed by atoms with Crippen molar-refractivity contribution in [3.63, 3.8) is 0 Å². The van der Waals surface area contributed by atoms with E-state index in [1.54, 1.807) is 0 Å². The van der Waals surface area contributed by atoms with Crippen molar-refractivity contribution in [2.45, 2.75) is 39.2 Å². The molecule has 2 aliphatic heterocycles. The Bertz CT molecular complexity index is 552. The maximum Gasteiger partial charge on any atom is 0.227 e. The minimum absolute atomic E-state index is 0.175. The van der Waals surface area contributed by atoms with E-state index in [-0.39, 0.29) is 11.8 Å². The number of rotatable bonds is 5. The van der Waals surface area contributed by atoms with Gasteiger partial charge in [0, 0.05) is 26.2 Å². The molecule has 0 radical (unpaired) electrons. The SMILES string of the molecule is CC(C)CN1CCC(C(=O)N2CCC(C(O)c3ccccc3)CC2)C1. The molecule has 2 heterocycles. The highest BCUT2D eigenvalue weighted by Crippen LogP contribution is 2.31. The molecule has 2 atom stereocenters. The molecule has 0 aromatic heterocycles. The van der Waals surface area contributed by atoms with Crippen LogP contribution in [0.3, 0.4) is 0 Å². The summed E-state index contributed by atoms with van der Waals surface area (Å²) in [5, 5.41) is 10.6. The average Bonchev–Trinajstić information content (AvgIpc) is 3.09. The van der Waals surface area contributed by atoms with Gasteiger partial charge in [0.15, 0.2) is 0 Å². The summed E-state index contributed by atoms with van der Waals surface area (Å²) in [4.78, 5) is 17.3. The molecule has 138 valence electrons. The fourth-order valence-electron chi connectivity index (χ4n) is 4.33.